The molecule has 116 valence electrons. The summed E-state index contributed by atoms with van der Waals surface area (Å²) in [5.41, 5.74) is 8.77. The van der Waals surface area contributed by atoms with Crippen molar-refractivity contribution in [1.29, 1.82) is 0 Å². The van der Waals surface area contributed by atoms with E-state index in [9.17, 15) is 0 Å². The highest BCUT2D eigenvalue weighted by atomic mass is 79.9. The van der Waals surface area contributed by atoms with Crippen molar-refractivity contribution in [1.82, 2.24) is 4.90 Å². The number of ether oxygens (including phenoxy) is 1. The van der Waals surface area contributed by atoms with Crippen molar-refractivity contribution in [3.05, 3.63) is 33.8 Å². The van der Waals surface area contributed by atoms with Gasteiger partial charge in [-0.3, -0.25) is 4.90 Å². The highest BCUT2D eigenvalue weighted by Crippen LogP contribution is 2.34. The highest BCUT2D eigenvalue weighted by Gasteiger charge is 2.37. The SMILES string of the molecule is Cc1cc(C(CN)N2CCOC3CCCCC32)ccc1Br. The number of hydrogen-bond donors (Lipinski definition) is 1. The smallest absolute Gasteiger partial charge is 0.0731 e. The van der Waals surface area contributed by atoms with Gasteiger partial charge in [0, 0.05) is 29.6 Å². The lowest BCUT2D eigenvalue weighted by Crippen LogP contribution is -2.54. The summed E-state index contributed by atoms with van der Waals surface area (Å²) in [6, 6.07) is 7.49. The molecule has 1 aliphatic carbocycles. The van der Waals surface area contributed by atoms with Gasteiger partial charge in [-0.2, -0.15) is 0 Å². The van der Waals surface area contributed by atoms with E-state index in [0.717, 1.165) is 13.2 Å². The Balaban J connectivity index is 1.85. The average molecular weight is 353 g/mol. The van der Waals surface area contributed by atoms with E-state index in [4.69, 9.17) is 10.5 Å². The number of fused-ring (bicyclic) bond motifs is 1. The van der Waals surface area contributed by atoms with Gasteiger partial charge in [0.25, 0.3) is 0 Å². The predicted octanol–water partition coefficient (Wildman–Crippen LogP) is 3.40. The molecule has 21 heavy (non-hydrogen) atoms. The quantitative estimate of drug-likeness (QED) is 0.905. The minimum atomic E-state index is 0.311. The molecule has 1 aromatic carbocycles. The molecule has 2 N–H and O–H groups in total. The molecule has 0 radical (unpaired) electrons. The average Bonchev–Trinajstić information content (AvgIpc) is 2.52. The van der Waals surface area contributed by atoms with Gasteiger partial charge in [-0.25, -0.2) is 0 Å². The van der Waals surface area contributed by atoms with E-state index >= 15 is 0 Å². The van der Waals surface area contributed by atoms with E-state index in [1.165, 1.54) is 41.3 Å². The third-order valence-corrected chi connectivity index (χ3v) is 5.86. The molecule has 3 rings (SSSR count). The first-order valence-electron chi connectivity index (χ1n) is 8.04. The first-order valence-corrected chi connectivity index (χ1v) is 8.83. The van der Waals surface area contributed by atoms with Crippen LogP contribution in [0.15, 0.2) is 22.7 Å². The van der Waals surface area contributed by atoms with E-state index in [0.29, 0.717) is 24.7 Å². The van der Waals surface area contributed by atoms with Gasteiger partial charge >= 0.3 is 0 Å². The molecule has 2 fully saturated rings. The van der Waals surface area contributed by atoms with Crippen LogP contribution in [-0.2, 0) is 4.74 Å². The van der Waals surface area contributed by atoms with Gasteiger partial charge in [-0.1, -0.05) is 40.9 Å². The molecule has 2 aliphatic rings. The first kappa shape index (κ1) is 15.5. The maximum absolute atomic E-state index is 6.15. The standard InChI is InChI=1S/C17H25BrN2O/c1-12-10-13(6-7-14(12)18)16(11-19)20-8-9-21-17-5-3-2-4-15(17)20/h6-7,10,15-17H,2-5,8-9,11,19H2,1H3. The Morgan fingerprint density at radius 2 is 2.19 bits per heavy atom. The molecule has 1 saturated carbocycles. The van der Waals surface area contributed by atoms with E-state index in [1.807, 2.05) is 0 Å². The number of nitrogens with zero attached hydrogens (tertiary/aromatic N) is 1. The maximum Gasteiger partial charge on any atom is 0.0731 e. The lowest BCUT2D eigenvalue weighted by Gasteiger charge is -2.47. The minimum absolute atomic E-state index is 0.311. The first-order chi connectivity index (χ1) is 10.2. The lowest BCUT2D eigenvalue weighted by molar-refractivity contribution is -0.102. The summed E-state index contributed by atoms with van der Waals surface area (Å²) in [6.45, 7) is 4.65. The Kier molecular flexibility index (Phi) is 4.99. The molecule has 1 aliphatic heterocycles. The summed E-state index contributed by atoms with van der Waals surface area (Å²) < 4.78 is 7.16. The number of morpholine rings is 1. The third kappa shape index (κ3) is 3.19. The number of halogens is 1. The minimum Gasteiger partial charge on any atom is -0.375 e. The summed E-state index contributed by atoms with van der Waals surface area (Å²) in [6.07, 6.45) is 5.49. The molecule has 1 heterocycles. The van der Waals surface area contributed by atoms with E-state index in [1.54, 1.807) is 0 Å². The van der Waals surface area contributed by atoms with Gasteiger partial charge in [0.15, 0.2) is 0 Å². The van der Waals surface area contributed by atoms with Gasteiger partial charge in [0.1, 0.15) is 0 Å². The molecule has 3 atom stereocenters. The Morgan fingerprint density at radius 3 is 2.95 bits per heavy atom. The summed E-state index contributed by atoms with van der Waals surface area (Å²) in [7, 11) is 0. The fraction of sp³-hybridized carbons (Fsp3) is 0.647. The second kappa shape index (κ2) is 6.78. The Morgan fingerprint density at radius 1 is 1.38 bits per heavy atom. The molecule has 3 unspecified atom stereocenters. The molecular formula is C17H25BrN2O. The monoisotopic (exact) mass is 352 g/mol. The zero-order valence-electron chi connectivity index (χ0n) is 12.7. The van der Waals surface area contributed by atoms with Crippen molar-refractivity contribution in [2.45, 2.75) is 50.8 Å². The maximum atomic E-state index is 6.15. The van der Waals surface area contributed by atoms with Crippen LogP contribution in [0.3, 0.4) is 0 Å². The van der Waals surface area contributed by atoms with Crippen LogP contribution in [-0.4, -0.2) is 36.7 Å². The normalized spacial score (nSPS) is 28.1. The van der Waals surface area contributed by atoms with Crippen molar-refractivity contribution >= 4 is 15.9 Å². The topological polar surface area (TPSA) is 38.5 Å². The summed E-state index contributed by atoms with van der Waals surface area (Å²) in [5, 5.41) is 0. The highest BCUT2D eigenvalue weighted by molar-refractivity contribution is 9.10. The van der Waals surface area contributed by atoms with Crippen molar-refractivity contribution in [3.8, 4) is 0 Å². The summed E-state index contributed by atoms with van der Waals surface area (Å²) >= 11 is 3.59. The van der Waals surface area contributed by atoms with E-state index in [2.05, 4.69) is 46.0 Å². The fourth-order valence-corrected chi connectivity index (χ4v) is 4.10. The van der Waals surface area contributed by atoms with Crippen LogP contribution < -0.4 is 5.73 Å². The lowest BCUT2D eigenvalue weighted by atomic mass is 9.88. The second-order valence-corrected chi connectivity index (χ2v) is 7.11. The molecule has 1 aromatic rings. The van der Waals surface area contributed by atoms with Gasteiger partial charge in [0.2, 0.25) is 0 Å². The molecule has 3 nitrogen and oxygen atoms in total. The van der Waals surface area contributed by atoms with E-state index in [-0.39, 0.29) is 0 Å². The van der Waals surface area contributed by atoms with Crippen LogP contribution >= 0.6 is 15.9 Å². The second-order valence-electron chi connectivity index (χ2n) is 6.26. The number of benzene rings is 1. The van der Waals surface area contributed by atoms with Gasteiger partial charge in [0.05, 0.1) is 12.7 Å². The zero-order chi connectivity index (χ0) is 14.8. The van der Waals surface area contributed by atoms with E-state index < -0.39 is 0 Å². The van der Waals surface area contributed by atoms with Crippen LogP contribution in [0.2, 0.25) is 0 Å². The molecule has 0 spiro atoms. The number of hydrogen-bond acceptors (Lipinski definition) is 3. The largest absolute Gasteiger partial charge is 0.375 e. The predicted molar refractivity (Wildman–Crippen MR) is 89.4 cm³/mol. The summed E-state index contributed by atoms with van der Waals surface area (Å²) in [5.74, 6) is 0. The molecule has 0 bridgehead atoms. The van der Waals surface area contributed by atoms with Crippen molar-refractivity contribution in [3.63, 3.8) is 0 Å². The van der Waals surface area contributed by atoms with Gasteiger partial charge in [-0.15, -0.1) is 0 Å². The number of rotatable bonds is 3. The molecule has 4 heteroatoms. The van der Waals surface area contributed by atoms with Gasteiger partial charge in [-0.05, 0) is 37.0 Å². The van der Waals surface area contributed by atoms with Crippen LogP contribution in [0.1, 0.15) is 42.9 Å². The van der Waals surface area contributed by atoms with Gasteiger partial charge < -0.3 is 10.5 Å². The van der Waals surface area contributed by atoms with Crippen molar-refractivity contribution in [2.75, 3.05) is 19.7 Å². The zero-order valence-corrected chi connectivity index (χ0v) is 14.3. The van der Waals surface area contributed by atoms with Crippen LogP contribution in [0.5, 0.6) is 0 Å². The number of nitrogens with two attached hydrogens (primary N) is 1. The third-order valence-electron chi connectivity index (χ3n) is 4.97. The van der Waals surface area contributed by atoms with Crippen molar-refractivity contribution in [2.24, 2.45) is 5.73 Å². The Labute approximate surface area is 136 Å². The summed E-state index contributed by atoms with van der Waals surface area (Å²) in [4.78, 5) is 2.61. The molecule has 0 aromatic heterocycles. The number of aryl methyl sites for hydroxylation is 1. The van der Waals surface area contributed by atoms with Crippen LogP contribution in [0.4, 0.5) is 0 Å². The van der Waals surface area contributed by atoms with Crippen LogP contribution in [0, 0.1) is 6.92 Å². The Bertz CT molecular complexity index is 492. The molecule has 0 amide bonds. The van der Waals surface area contributed by atoms with Crippen molar-refractivity contribution < 1.29 is 4.74 Å². The Hall–Kier alpha value is -0.420. The molecule has 1 saturated heterocycles. The molecular weight excluding hydrogens is 328 g/mol. The van der Waals surface area contributed by atoms with Crippen LogP contribution in [0.25, 0.3) is 0 Å². The fourth-order valence-electron chi connectivity index (χ4n) is 3.85.